The molecule has 1 N–H and O–H groups in total. The highest BCUT2D eigenvalue weighted by Gasteiger charge is 2.12. The van der Waals surface area contributed by atoms with Crippen molar-refractivity contribution in [2.45, 2.75) is 30.1 Å². The number of carbonyl (C=O) groups is 2. The van der Waals surface area contributed by atoms with Crippen LogP contribution in [-0.4, -0.2) is 35.8 Å². The molecule has 0 heterocycles. The van der Waals surface area contributed by atoms with E-state index in [1.54, 1.807) is 43.3 Å². The SMILES string of the molecule is CCC(=O)O/N=C(\C)C(=O)c1ccc(Sc2ccc(OCCO)c(C#N)c2)cc1. The van der Waals surface area contributed by atoms with E-state index in [-0.39, 0.29) is 31.1 Å². The van der Waals surface area contributed by atoms with E-state index in [1.807, 2.05) is 6.07 Å². The van der Waals surface area contributed by atoms with Crippen molar-refractivity contribution in [3.05, 3.63) is 53.6 Å². The molecule has 0 saturated heterocycles. The molecule has 7 nitrogen and oxygen atoms in total. The molecule has 0 atom stereocenters. The lowest BCUT2D eigenvalue weighted by molar-refractivity contribution is -0.143. The number of hydrogen-bond acceptors (Lipinski definition) is 8. The zero-order valence-corrected chi connectivity index (χ0v) is 16.9. The monoisotopic (exact) mass is 412 g/mol. The average molecular weight is 412 g/mol. The van der Waals surface area contributed by atoms with Gasteiger partial charge >= 0.3 is 5.97 Å². The van der Waals surface area contributed by atoms with Crippen LogP contribution in [0.5, 0.6) is 5.75 Å². The number of rotatable bonds is 9. The number of nitrogens with zero attached hydrogens (tertiary/aromatic N) is 2. The first-order chi connectivity index (χ1) is 14.0. The van der Waals surface area contributed by atoms with Gasteiger partial charge in [0.25, 0.3) is 0 Å². The van der Waals surface area contributed by atoms with Crippen molar-refractivity contribution < 1.29 is 24.3 Å². The second-order valence-electron chi connectivity index (χ2n) is 5.79. The summed E-state index contributed by atoms with van der Waals surface area (Å²) >= 11 is 1.43. The van der Waals surface area contributed by atoms with Gasteiger partial charge in [0.1, 0.15) is 24.1 Å². The Hall–Kier alpha value is -3.15. The molecule has 0 aromatic heterocycles. The summed E-state index contributed by atoms with van der Waals surface area (Å²) in [7, 11) is 0. The Kier molecular flexibility index (Phi) is 8.40. The lowest BCUT2D eigenvalue weighted by Crippen LogP contribution is -2.12. The highest BCUT2D eigenvalue weighted by Crippen LogP contribution is 2.31. The largest absolute Gasteiger partial charge is 0.490 e. The van der Waals surface area contributed by atoms with Crippen LogP contribution >= 0.6 is 11.8 Å². The number of nitriles is 1. The molecule has 0 spiro atoms. The van der Waals surface area contributed by atoms with Gasteiger partial charge in [0.15, 0.2) is 0 Å². The van der Waals surface area contributed by atoms with Gasteiger partial charge in [0.05, 0.1) is 12.2 Å². The minimum Gasteiger partial charge on any atom is -0.490 e. The summed E-state index contributed by atoms with van der Waals surface area (Å²) in [6.45, 7) is 3.12. The van der Waals surface area contributed by atoms with E-state index in [2.05, 4.69) is 16.1 Å². The molecule has 0 unspecified atom stereocenters. The summed E-state index contributed by atoms with van der Waals surface area (Å²) in [6.07, 6.45) is 0.180. The fraction of sp³-hybridized carbons (Fsp3) is 0.238. The predicted molar refractivity (Wildman–Crippen MR) is 108 cm³/mol. The van der Waals surface area contributed by atoms with Crippen LogP contribution in [-0.2, 0) is 9.63 Å². The first-order valence-electron chi connectivity index (χ1n) is 8.83. The molecule has 0 aliphatic carbocycles. The van der Waals surface area contributed by atoms with Gasteiger partial charge in [-0.1, -0.05) is 23.8 Å². The molecular weight excluding hydrogens is 392 g/mol. The molecule has 0 aliphatic heterocycles. The third kappa shape index (κ3) is 6.45. The Morgan fingerprint density at radius 2 is 1.86 bits per heavy atom. The maximum Gasteiger partial charge on any atom is 0.334 e. The molecule has 29 heavy (non-hydrogen) atoms. The van der Waals surface area contributed by atoms with E-state index in [4.69, 9.17) is 9.84 Å². The van der Waals surface area contributed by atoms with Gasteiger partial charge in [0.2, 0.25) is 5.78 Å². The first-order valence-corrected chi connectivity index (χ1v) is 9.65. The van der Waals surface area contributed by atoms with Gasteiger partial charge in [-0.15, -0.1) is 0 Å². The Labute approximate surface area is 172 Å². The number of hydrogen-bond donors (Lipinski definition) is 1. The van der Waals surface area contributed by atoms with Crippen molar-refractivity contribution in [3.8, 4) is 11.8 Å². The molecule has 0 aliphatic rings. The van der Waals surface area contributed by atoms with Gasteiger partial charge in [-0.3, -0.25) is 4.79 Å². The number of ether oxygens (including phenoxy) is 1. The van der Waals surface area contributed by atoms with Crippen molar-refractivity contribution in [2.75, 3.05) is 13.2 Å². The van der Waals surface area contributed by atoms with Crippen LogP contribution in [0, 0.1) is 11.3 Å². The molecule has 0 radical (unpaired) electrons. The van der Waals surface area contributed by atoms with Crippen LogP contribution in [0.2, 0.25) is 0 Å². The topological polar surface area (TPSA) is 109 Å². The molecule has 8 heteroatoms. The second-order valence-corrected chi connectivity index (χ2v) is 6.94. The molecule has 0 fully saturated rings. The second kappa shape index (κ2) is 11.0. The summed E-state index contributed by atoms with van der Waals surface area (Å²) in [5, 5.41) is 21.7. The van der Waals surface area contributed by atoms with Crippen LogP contribution in [0.15, 0.2) is 57.4 Å². The number of aliphatic hydroxyl groups is 1. The molecular formula is C21H20N2O5S. The molecule has 0 bridgehead atoms. The smallest absolute Gasteiger partial charge is 0.334 e. The van der Waals surface area contributed by atoms with Gasteiger partial charge in [-0.2, -0.15) is 5.26 Å². The van der Waals surface area contributed by atoms with Crippen LogP contribution in [0.4, 0.5) is 0 Å². The van der Waals surface area contributed by atoms with E-state index in [0.717, 1.165) is 9.79 Å². The van der Waals surface area contributed by atoms with Crippen molar-refractivity contribution in [2.24, 2.45) is 5.16 Å². The van der Waals surface area contributed by atoms with Crippen molar-refractivity contribution >= 4 is 29.2 Å². The molecule has 0 saturated carbocycles. The molecule has 150 valence electrons. The highest BCUT2D eigenvalue weighted by atomic mass is 32.2. The third-order valence-corrected chi connectivity index (χ3v) is 4.67. The Balaban J connectivity index is 2.08. The molecule has 2 rings (SSSR count). The quantitative estimate of drug-likeness (QED) is 0.290. The zero-order valence-electron chi connectivity index (χ0n) is 16.0. The fourth-order valence-corrected chi connectivity index (χ4v) is 3.04. The van der Waals surface area contributed by atoms with Crippen molar-refractivity contribution in [3.63, 3.8) is 0 Å². The van der Waals surface area contributed by atoms with Crippen LogP contribution in [0.3, 0.4) is 0 Å². The number of ketones is 1. The number of carbonyl (C=O) groups excluding carboxylic acids is 2. The van der Waals surface area contributed by atoms with Gasteiger partial charge < -0.3 is 14.7 Å². The maximum absolute atomic E-state index is 12.3. The Morgan fingerprint density at radius 3 is 2.48 bits per heavy atom. The average Bonchev–Trinajstić information content (AvgIpc) is 2.76. The maximum atomic E-state index is 12.3. The van der Waals surface area contributed by atoms with E-state index in [9.17, 15) is 14.9 Å². The molecule has 0 amide bonds. The Bertz CT molecular complexity index is 949. The summed E-state index contributed by atoms with van der Waals surface area (Å²) in [5.74, 6) is -0.415. The zero-order chi connectivity index (χ0) is 21.2. The number of oxime groups is 1. The normalized spacial score (nSPS) is 10.9. The third-order valence-electron chi connectivity index (χ3n) is 3.67. The fourth-order valence-electron chi connectivity index (χ4n) is 2.19. The van der Waals surface area contributed by atoms with Crippen LogP contribution < -0.4 is 4.74 Å². The minimum atomic E-state index is -0.506. The Morgan fingerprint density at radius 1 is 1.17 bits per heavy atom. The minimum absolute atomic E-state index is 0.0873. The number of benzene rings is 2. The van der Waals surface area contributed by atoms with E-state index < -0.39 is 5.97 Å². The summed E-state index contributed by atoms with van der Waals surface area (Å²) in [4.78, 5) is 29.8. The van der Waals surface area contributed by atoms with Crippen molar-refractivity contribution in [1.29, 1.82) is 5.26 Å². The van der Waals surface area contributed by atoms with Gasteiger partial charge in [-0.05, 0) is 49.4 Å². The summed E-state index contributed by atoms with van der Waals surface area (Å²) in [5.41, 5.74) is 0.890. The van der Waals surface area contributed by atoms with E-state index in [1.165, 1.54) is 18.7 Å². The van der Waals surface area contributed by atoms with Gasteiger partial charge in [0, 0.05) is 21.8 Å². The molecule has 2 aromatic rings. The lowest BCUT2D eigenvalue weighted by Gasteiger charge is -2.08. The summed E-state index contributed by atoms with van der Waals surface area (Å²) < 4.78 is 5.33. The predicted octanol–water partition coefficient (Wildman–Crippen LogP) is 3.59. The van der Waals surface area contributed by atoms with E-state index >= 15 is 0 Å². The van der Waals surface area contributed by atoms with Crippen molar-refractivity contribution in [1.82, 2.24) is 0 Å². The summed E-state index contributed by atoms with van der Waals surface area (Å²) in [6, 6.07) is 14.2. The van der Waals surface area contributed by atoms with Crippen LogP contribution in [0.1, 0.15) is 36.2 Å². The van der Waals surface area contributed by atoms with E-state index in [0.29, 0.717) is 16.9 Å². The standard InChI is InChI=1S/C21H20N2O5S/c1-3-20(25)28-23-14(2)21(26)15-4-6-17(7-5-15)29-18-8-9-19(27-11-10-24)16(12-18)13-22/h4-9,12,24H,3,10-11H2,1-2H3/b23-14+. The van der Waals surface area contributed by atoms with Gasteiger partial charge in [-0.25, -0.2) is 4.79 Å². The number of Topliss-reactive ketones (excluding diaryl/α,β-unsaturated/α-hetero) is 1. The van der Waals surface area contributed by atoms with Crippen LogP contribution in [0.25, 0.3) is 0 Å². The highest BCUT2D eigenvalue weighted by molar-refractivity contribution is 7.99. The first kappa shape index (κ1) is 22.1. The lowest BCUT2D eigenvalue weighted by atomic mass is 10.1. The molecule has 2 aromatic carbocycles. The number of aliphatic hydroxyl groups excluding tert-OH is 1.